The van der Waals surface area contributed by atoms with Crippen molar-refractivity contribution in [3.05, 3.63) is 46.1 Å². The second-order valence-corrected chi connectivity index (χ2v) is 4.38. The van der Waals surface area contributed by atoms with Crippen LogP contribution >= 0.6 is 11.6 Å². The quantitative estimate of drug-likeness (QED) is 0.775. The molecule has 2 aromatic heterocycles. The molecule has 0 N–H and O–H groups in total. The molecule has 0 fully saturated rings. The average Bonchev–Trinajstić information content (AvgIpc) is 2.84. The molecule has 0 saturated heterocycles. The van der Waals surface area contributed by atoms with Gasteiger partial charge in [0.25, 0.3) is 5.56 Å². The Hall–Kier alpha value is -1.62. The minimum absolute atomic E-state index is 0.0857. The number of aromatic nitrogens is 4. The van der Waals surface area contributed by atoms with Gasteiger partial charge in [0.2, 0.25) is 0 Å². The van der Waals surface area contributed by atoms with Crippen LogP contribution in [-0.2, 0) is 19.5 Å². The second-order valence-electron chi connectivity index (χ2n) is 3.99. The summed E-state index contributed by atoms with van der Waals surface area (Å²) in [6, 6.07) is 1.36. The highest BCUT2D eigenvalue weighted by Gasteiger charge is 2.05. The van der Waals surface area contributed by atoms with E-state index in [-0.39, 0.29) is 10.7 Å². The molecule has 0 bridgehead atoms. The summed E-state index contributed by atoms with van der Waals surface area (Å²) >= 11 is 5.78. The summed E-state index contributed by atoms with van der Waals surface area (Å²) in [6.07, 6.45) is 6.97. The van der Waals surface area contributed by atoms with Crippen molar-refractivity contribution in [3.63, 3.8) is 0 Å². The summed E-state index contributed by atoms with van der Waals surface area (Å²) in [5.74, 6) is 0.734. The summed E-state index contributed by atoms with van der Waals surface area (Å²) in [7, 11) is 0. The highest BCUT2D eigenvalue weighted by Crippen LogP contribution is 2.04. The Morgan fingerprint density at radius 1 is 1.39 bits per heavy atom. The standard InChI is InChI=1S/C12H15ClN4O/c1-2-11-15-10(13)8-12(18)17(11)6-3-5-16-7-4-14-9-16/h4,7-9H,2-3,5-6H2,1H3. The van der Waals surface area contributed by atoms with E-state index in [1.165, 1.54) is 6.07 Å². The molecule has 0 aliphatic rings. The molecular formula is C12H15ClN4O. The Labute approximate surface area is 110 Å². The van der Waals surface area contributed by atoms with E-state index in [0.717, 1.165) is 18.8 Å². The number of imidazole rings is 1. The fourth-order valence-electron chi connectivity index (χ4n) is 1.86. The van der Waals surface area contributed by atoms with Gasteiger partial charge >= 0.3 is 0 Å². The third kappa shape index (κ3) is 2.98. The number of halogens is 1. The third-order valence-electron chi connectivity index (χ3n) is 2.73. The Morgan fingerprint density at radius 3 is 2.89 bits per heavy atom. The van der Waals surface area contributed by atoms with E-state index in [9.17, 15) is 4.79 Å². The first-order valence-electron chi connectivity index (χ1n) is 5.92. The number of hydrogen-bond acceptors (Lipinski definition) is 3. The van der Waals surface area contributed by atoms with Crippen LogP contribution in [0.25, 0.3) is 0 Å². The second kappa shape index (κ2) is 5.82. The highest BCUT2D eigenvalue weighted by molar-refractivity contribution is 6.29. The lowest BCUT2D eigenvalue weighted by molar-refractivity contribution is 0.530. The van der Waals surface area contributed by atoms with Crippen molar-refractivity contribution in [2.45, 2.75) is 32.9 Å². The van der Waals surface area contributed by atoms with Gasteiger partial charge in [-0.05, 0) is 6.42 Å². The van der Waals surface area contributed by atoms with Crippen molar-refractivity contribution in [1.82, 2.24) is 19.1 Å². The number of rotatable bonds is 5. The molecule has 2 rings (SSSR count). The van der Waals surface area contributed by atoms with Gasteiger partial charge in [-0.25, -0.2) is 9.97 Å². The Morgan fingerprint density at radius 2 is 2.22 bits per heavy atom. The molecule has 18 heavy (non-hydrogen) atoms. The van der Waals surface area contributed by atoms with E-state index in [0.29, 0.717) is 13.0 Å². The van der Waals surface area contributed by atoms with Gasteiger partial charge in [0.15, 0.2) is 0 Å². The Balaban J connectivity index is 2.07. The third-order valence-corrected chi connectivity index (χ3v) is 2.92. The molecule has 0 unspecified atom stereocenters. The molecule has 0 aromatic carbocycles. The van der Waals surface area contributed by atoms with E-state index in [4.69, 9.17) is 11.6 Å². The molecular weight excluding hydrogens is 252 g/mol. The zero-order valence-corrected chi connectivity index (χ0v) is 11.0. The molecule has 0 atom stereocenters. The number of aryl methyl sites for hydroxylation is 2. The van der Waals surface area contributed by atoms with E-state index in [2.05, 4.69) is 9.97 Å². The highest BCUT2D eigenvalue weighted by atomic mass is 35.5. The molecule has 2 aromatic rings. The molecule has 5 nitrogen and oxygen atoms in total. The van der Waals surface area contributed by atoms with Gasteiger partial charge in [-0.1, -0.05) is 18.5 Å². The van der Waals surface area contributed by atoms with E-state index < -0.39 is 0 Å². The maximum atomic E-state index is 11.8. The van der Waals surface area contributed by atoms with E-state index in [1.54, 1.807) is 17.1 Å². The SMILES string of the molecule is CCc1nc(Cl)cc(=O)n1CCCn1ccnc1. The summed E-state index contributed by atoms with van der Waals surface area (Å²) in [4.78, 5) is 20.0. The van der Waals surface area contributed by atoms with Crippen molar-refractivity contribution in [2.24, 2.45) is 0 Å². The lowest BCUT2D eigenvalue weighted by atomic mass is 10.3. The maximum Gasteiger partial charge on any atom is 0.254 e. The predicted molar refractivity (Wildman–Crippen MR) is 69.7 cm³/mol. The average molecular weight is 267 g/mol. The summed E-state index contributed by atoms with van der Waals surface area (Å²) < 4.78 is 3.67. The topological polar surface area (TPSA) is 52.7 Å². The molecule has 0 spiro atoms. The normalized spacial score (nSPS) is 10.8. The zero-order valence-electron chi connectivity index (χ0n) is 10.2. The maximum absolute atomic E-state index is 11.8. The Bertz CT molecular complexity index is 562. The van der Waals surface area contributed by atoms with Gasteiger partial charge in [-0.2, -0.15) is 0 Å². The monoisotopic (exact) mass is 266 g/mol. The van der Waals surface area contributed by atoms with Crippen LogP contribution in [0, 0.1) is 0 Å². The molecule has 2 heterocycles. The van der Waals surface area contributed by atoms with Crippen LogP contribution in [0.3, 0.4) is 0 Å². The van der Waals surface area contributed by atoms with Gasteiger partial charge in [0, 0.05) is 38.0 Å². The molecule has 0 amide bonds. The first kappa shape index (κ1) is 12.8. The number of nitrogens with zero attached hydrogens (tertiary/aromatic N) is 4. The van der Waals surface area contributed by atoms with Crippen LogP contribution < -0.4 is 5.56 Å². The van der Waals surface area contributed by atoms with Gasteiger partial charge in [0.05, 0.1) is 6.33 Å². The fourth-order valence-corrected chi connectivity index (χ4v) is 2.05. The van der Waals surface area contributed by atoms with Gasteiger partial charge in [0.1, 0.15) is 11.0 Å². The van der Waals surface area contributed by atoms with Crippen LogP contribution in [0.4, 0.5) is 0 Å². The van der Waals surface area contributed by atoms with Crippen molar-refractivity contribution in [3.8, 4) is 0 Å². The minimum Gasteiger partial charge on any atom is -0.337 e. The molecule has 0 aliphatic heterocycles. The minimum atomic E-state index is -0.0857. The smallest absolute Gasteiger partial charge is 0.254 e. The van der Waals surface area contributed by atoms with Crippen molar-refractivity contribution >= 4 is 11.6 Å². The van der Waals surface area contributed by atoms with E-state index in [1.807, 2.05) is 17.7 Å². The lowest BCUT2D eigenvalue weighted by Crippen LogP contribution is -2.24. The largest absolute Gasteiger partial charge is 0.337 e. The van der Waals surface area contributed by atoms with Gasteiger partial charge < -0.3 is 4.57 Å². The Kier molecular flexibility index (Phi) is 4.15. The molecule has 0 radical (unpaired) electrons. The summed E-state index contributed by atoms with van der Waals surface area (Å²) in [6.45, 7) is 3.44. The van der Waals surface area contributed by atoms with Crippen LogP contribution in [0.1, 0.15) is 19.2 Å². The summed E-state index contributed by atoms with van der Waals surface area (Å²) in [5.41, 5.74) is -0.0857. The fraction of sp³-hybridized carbons (Fsp3) is 0.417. The first-order valence-corrected chi connectivity index (χ1v) is 6.30. The predicted octanol–water partition coefficient (Wildman–Crippen LogP) is 1.75. The van der Waals surface area contributed by atoms with Crippen molar-refractivity contribution < 1.29 is 0 Å². The van der Waals surface area contributed by atoms with Crippen LogP contribution in [-0.4, -0.2) is 19.1 Å². The molecule has 0 aliphatic carbocycles. The van der Waals surface area contributed by atoms with Gasteiger partial charge in [-0.15, -0.1) is 0 Å². The van der Waals surface area contributed by atoms with E-state index >= 15 is 0 Å². The van der Waals surface area contributed by atoms with Crippen LogP contribution in [0.15, 0.2) is 29.6 Å². The molecule has 6 heteroatoms. The first-order chi connectivity index (χ1) is 8.70. The number of hydrogen-bond donors (Lipinski definition) is 0. The molecule has 0 saturated carbocycles. The van der Waals surface area contributed by atoms with Crippen LogP contribution in [0.5, 0.6) is 0 Å². The van der Waals surface area contributed by atoms with Crippen LogP contribution in [0.2, 0.25) is 5.15 Å². The lowest BCUT2D eigenvalue weighted by Gasteiger charge is -2.10. The molecule has 96 valence electrons. The van der Waals surface area contributed by atoms with Gasteiger partial charge in [-0.3, -0.25) is 9.36 Å². The van der Waals surface area contributed by atoms with Crippen molar-refractivity contribution in [1.29, 1.82) is 0 Å². The summed E-state index contributed by atoms with van der Waals surface area (Å²) in [5, 5.41) is 0.266. The van der Waals surface area contributed by atoms with Crippen molar-refractivity contribution in [2.75, 3.05) is 0 Å². The zero-order chi connectivity index (χ0) is 13.0.